The molecule has 0 aromatic rings. The summed E-state index contributed by atoms with van der Waals surface area (Å²) in [6.45, 7) is 3.86. The van der Waals surface area contributed by atoms with Gasteiger partial charge in [0.25, 0.3) is 0 Å². The van der Waals surface area contributed by atoms with Crippen molar-refractivity contribution in [2.75, 3.05) is 6.61 Å². The number of Topliss-reactive ketones (excluding diaryl/α,β-unsaturated/α-hetero) is 2. The SMILES string of the molecule is CC(=O)[C@@]12CCC3C4CCC5=CC(=O)CCC5(CO)C4C(=O)CC31C2C. The van der Waals surface area contributed by atoms with Gasteiger partial charge in [-0.1, -0.05) is 12.5 Å². The van der Waals surface area contributed by atoms with E-state index in [1.165, 1.54) is 0 Å². The molecule has 0 saturated heterocycles. The zero-order valence-electron chi connectivity index (χ0n) is 15.7. The van der Waals surface area contributed by atoms with Crippen LogP contribution in [0.15, 0.2) is 11.6 Å². The Labute approximate surface area is 154 Å². The van der Waals surface area contributed by atoms with Crippen LogP contribution in [0, 0.1) is 39.9 Å². The van der Waals surface area contributed by atoms with Gasteiger partial charge in [0.05, 0.1) is 6.61 Å². The summed E-state index contributed by atoms with van der Waals surface area (Å²) in [6.07, 6.45) is 6.97. The lowest BCUT2D eigenvalue weighted by atomic mass is 9.48. The van der Waals surface area contributed by atoms with Crippen LogP contribution < -0.4 is 0 Å². The highest BCUT2D eigenvalue weighted by atomic mass is 16.3. The molecule has 26 heavy (non-hydrogen) atoms. The van der Waals surface area contributed by atoms with E-state index in [-0.39, 0.29) is 46.6 Å². The van der Waals surface area contributed by atoms with Crippen LogP contribution in [0.3, 0.4) is 0 Å². The number of aliphatic hydroxyl groups excluding tert-OH is 1. The molecule has 140 valence electrons. The number of ketones is 3. The largest absolute Gasteiger partial charge is 0.395 e. The summed E-state index contributed by atoms with van der Waals surface area (Å²) in [6, 6.07) is 0. The number of hydrogen-bond donors (Lipinski definition) is 1. The Bertz CT molecular complexity index is 766. The molecule has 0 radical (unpaired) electrons. The van der Waals surface area contributed by atoms with E-state index in [4.69, 9.17) is 0 Å². The third-order valence-electron chi connectivity index (χ3n) is 9.57. The topological polar surface area (TPSA) is 71.4 Å². The predicted octanol–water partition coefficient (Wildman–Crippen LogP) is 2.87. The summed E-state index contributed by atoms with van der Waals surface area (Å²) in [4.78, 5) is 37.9. The van der Waals surface area contributed by atoms with Crippen molar-refractivity contribution in [3.63, 3.8) is 0 Å². The average molecular weight is 356 g/mol. The number of carbonyl (C=O) groups excluding carboxylic acids is 3. The Morgan fingerprint density at radius 3 is 2.65 bits per heavy atom. The quantitative estimate of drug-likeness (QED) is 0.826. The molecule has 0 aromatic heterocycles. The second-order valence-corrected chi connectivity index (χ2v) is 9.71. The Kier molecular flexibility index (Phi) is 3.21. The zero-order valence-corrected chi connectivity index (χ0v) is 15.7. The molecule has 1 N–H and O–H groups in total. The molecule has 0 bridgehead atoms. The maximum atomic E-state index is 13.5. The fourth-order valence-corrected chi connectivity index (χ4v) is 8.58. The summed E-state index contributed by atoms with van der Waals surface area (Å²) in [5, 5.41) is 10.4. The highest BCUT2D eigenvalue weighted by molar-refractivity contribution is 5.95. The minimum atomic E-state index is -0.519. The molecule has 5 aliphatic carbocycles. The molecule has 6 unspecified atom stereocenters. The number of rotatable bonds is 2. The molecule has 4 fully saturated rings. The first-order chi connectivity index (χ1) is 12.3. The number of carbonyl (C=O) groups is 3. The van der Waals surface area contributed by atoms with Crippen LogP contribution in [0.2, 0.25) is 0 Å². The number of hydrogen-bond acceptors (Lipinski definition) is 4. The van der Waals surface area contributed by atoms with Crippen molar-refractivity contribution in [2.45, 2.75) is 58.8 Å². The van der Waals surface area contributed by atoms with E-state index in [2.05, 4.69) is 6.92 Å². The van der Waals surface area contributed by atoms with Crippen LogP contribution >= 0.6 is 0 Å². The van der Waals surface area contributed by atoms with Crippen LogP contribution in [-0.2, 0) is 14.4 Å². The van der Waals surface area contributed by atoms with Gasteiger partial charge in [0.1, 0.15) is 11.6 Å². The van der Waals surface area contributed by atoms with Crippen LogP contribution in [0.4, 0.5) is 0 Å². The van der Waals surface area contributed by atoms with E-state index in [1.807, 2.05) is 0 Å². The molecule has 0 amide bonds. The molecule has 4 saturated carbocycles. The standard InChI is InChI=1S/C22H28O4/c1-12-21(13(2)24)8-6-17-16-4-3-14-9-15(25)5-7-20(14,11-23)19(16)18(26)10-22(12,17)21/h9,12,16-17,19,23H,3-8,10-11H2,1-2H3/t12?,16?,17?,19?,20?,21-,22?/m0/s1. The molecule has 5 rings (SSSR count). The van der Waals surface area contributed by atoms with Crippen molar-refractivity contribution in [1.29, 1.82) is 0 Å². The van der Waals surface area contributed by atoms with Gasteiger partial charge in [-0.2, -0.15) is 0 Å². The maximum Gasteiger partial charge on any atom is 0.155 e. The van der Waals surface area contributed by atoms with Crippen molar-refractivity contribution in [2.24, 2.45) is 39.9 Å². The van der Waals surface area contributed by atoms with Crippen molar-refractivity contribution in [3.05, 3.63) is 11.6 Å². The van der Waals surface area contributed by atoms with Gasteiger partial charge in [-0.3, -0.25) is 14.4 Å². The van der Waals surface area contributed by atoms with Gasteiger partial charge < -0.3 is 5.11 Å². The van der Waals surface area contributed by atoms with Gasteiger partial charge in [0.2, 0.25) is 0 Å². The van der Waals surface area contributed by atoms with E-state index < -0.39 is 5.41 Å². The van der Waals surface area contributed by atoms with E-state index >= 15 is 0 Å². The Morgan fingerprint density at radius 1 is 1.23 bits per heavy atom. The average Bonchev–Trinajstić information content (AvgIpc) is 2.95. The Morgan fingerprint density at radius 2 is 2.00 bits per heavy atom. The molecular formula is C22H28O4. The lowest BCUT2D eigenvalue weighted by Crippen LogP contribution is -2.55. The normalized spacial score (nSPS) is 51.7. The second kappa shape index (κ2) is 4.95. The summed E-state index contributed by atoms with van der Waals surface area (Å²) < 4.78 is 0. The molecule has 5 aliphatic rings. The molecule has 0 aromatic carbocycles. The highest BCUT2D eigenvalue weighted by Gasteiger charge is 2.84. The first-order valence-electron chi connectivity index (χ1n) is 10.2. The summed E-state index contributed by atoms with van der Waals surface area (Å²) in [5.41, 5.74) is 0.124. The minimum Gasteiger partial charge on any atom is -0.395 e. The lowest BCUT2D eigenvalue weighted by molar-refractivity contribution is -0.146. The van der Waals surface area contributed by atoms with E-state index in [0.29, 0.717) is 31.1 Å². The van der Waals surface area contributed by atoms with Crippen molar-refractivity contribution < 1.29 is 19.5 Å². The highest BCUT2D eigenvalue weighted by Crippen LogP contribution is 2.85. The van der Waals surface area contributed by atoms with Crippen molar-refractivity contribution in [1.82, 2.24) is 0 Å². The summed E-state index contributed by atoms with van der Waals surface area (Å²) >= 11 is 0. The van der Waals surface area contributed by atoms with Gasteiger partial charge >= 0.3 is 0 Å². The van der Waals surface area contributed by atoms with Gasteiger partial charge in [-0.15, -0.1) is 0 Å². The van der Waals surface area contributed by atoms with Crippen LogP contribution in [0.25, 0.3) is 0 Å². The molecule has 4 heteroatoms. The zero-order chi connectivity index (χ0) is 18.5. The van der Waals surface area contributed by atoms with Crippen LogP contribution in [0.5, 0.6) is 0 Å². The van der Waals surface area contributed by atoms with Crippen molar-refractivity contribution in [3.8, 4) is 0 Å². The van der Waals surface area contributed by atoms with Gasteiger partial charge in [-0.05, 0) is 68.3 Å². The first-order valence-corrected chi connectivity index (χ1v) is 10.2. The van der Waals surface area contributed by atoms with Crippen molar-refractivity contribution >= 4 is 17.3 Å². The minimum absolute atomic E-state index is 0.0356. The van der Waals surface area contributed by atoms with Crippen LogP contribution in [0.1, 0.15) is 58.8 Å². The molecule has 0 aliphatic heterocycles. The number of aliphatic hydroxyl groups is 1. The summed E-state index contributed by atoms with van der Waals surface area (Å²) in [7, 11) is 0. The molecule has 7 atom stereocenters. The maximum absolute atomic E-state index is 13.5. The third kappa shape index (κ3) is 1.56. The van der Waals surface area contributed by atoms with E-state index in [1.54, 1.807) is 13.0 Å². The fourth-order valence-electron chi connectivity index (χ4n) is 8.58. The molecule has 0 heterocycles. The second-order valence-electron chi connectivity index (χ2n) is 9.71. The lowest BCUT2D eigenvalue weighted by Gasteiger charge is -2.55. The Hall–Kier alpha value is -1.29. The van der Waals surface area contributed by atoms with Gasteiger partial charge in [-0.25, -0.2) is 0 Å². The third-order valence-corrected chi connectivity index (χ3v) is 9.57. The van der Waals surface area contributed by atoms with Gasteiger partial charge in [0, 0.05) is 29.6 Å². The predicted molar refractivity (Wildman–Crippen MR) is 95.1 cm³/mol. The first kappa shape index (κ1) is 16.9. The van der Waals surface area contributed by atoms with Gasteiger partial charge in [0.15, 0.2) is 5.78 Å². The Balaban J connectivity index is 1.59. The van der Waals surface area contributed by atoms with Crippen LogP contribution in [-0.4, -0.2) is 29.1 Å². The molecule has 1 spiro atoms. The van der Waals surface area contributed by atoms with E-state index in [9.17, 15) is 19.5 Å². The number of fused-ring (bicyclic) bond motifs is 4. The van der Waals surface area contributed by atoms with E-state index in [0.717, 1.165) is 31.3 Å². The fraction of sp³-hybridized carbons (Fsp3) is 0.773. The summed E-state index contributed by atoms with van der Waals surface area (Å²) in [5.74, 6) is 1.49. The monoisotopic (exact) mass is 356 g/mol. The molecule has 4 nitrogen and oxygen atoms in total. The smallest absolute Gasteiger partial charge is 0.155 e. The molecular weight excluding hydrogens is 328 g/mol.